The third-order valence-electron chi connectivity index (χ3n) is 2.51. The Hall–Kier alpha value is -0.0800. The van der Waals surface area contributed by atoms with E-state index in [1.165, 1.54) is 32.1 Å². The van der Waals surface area contributed by atoms with Gasteiger partial charge in [-0.3, -0.25) is 0 Å². The van der Waals surface area contributed by atoms with Gasteiger partial charge < -0.3 is 10.1 Å². The standard InChI is InChI=1S/C13H29NO/c1-4-8-13(14-10-5-2)9-7-12-15-11-6-3/h13-14H,4-12H2,1-3H3. The van der Waals surface area contributed by atoms with Gasteiger partial charge in [0.25, 0.3) is 0 Å². The van der Waals surface area contributed by atoms with Crippen LogP contribution in [0.25, 0.3) is 0 Å². The summed E-state index contributed by atoms with van der Waals surface area (Å²) in [7, 11) is 0. The van der Waals surface area contributed by atoms with E-state index in [1.54, 1.807) is 0 Å². The molecule has 0 spiro atoms. The first kappa shape index (κ1) is 14.9. The maximum atomic E-state index is 5.49. The van der Waals surface area contributed by atoms with Crippen molar-refractivity contribution in [2.75, 3.05) is 19.8 Å². The monoisotopic (exact) mass is 215 g/mol. The normalized spacial score (nSPS) is 13.0. The summed E-state index contributed by atoms with van der Waals surface area (Å²) in [6, 6.07) is 0.708. The molecule has 0 aliphatic carbocycles. The zero-order valence-electron chi connectivity index (χ0n) is 10.8. The largest absolute Gasteiger partial charge is 0.381 e. The van der Waals surface area contributed by atoms with Gasteiger partial charge in [-0.1, -0.05) is 27.2 Å². The smallest absolute Gasteiger partial charge is 0.0466 e. The summed E-state index contributed by atoms with van der Waals surface area (Å²) in [5.74, 6) is 0. The Morgan fingerprint density at radius 3 is 2.33 bits per heavy atom. The highest BCUT2D eigenvalue weighted by Crippen LogP contribution is 2.05. The van der Waals surface area contributed by atoms with Gasteiger partial charge in [0, 0.05) is 19.3 Å². The Kier molecular flexibility index (Phi) is 11.9. The van der Waals surface area contributed by atoms with Gasteiger partial charge in [-0.2, -0.15) is 0 Å². The van der Waals surface area contributed by atoms with E-state index in [0.29, 0.717) is 6.04 Å². The minimum Gasteiger partial charge on any atom is -0.381 e. The molecule has 0 amide bonds. The summed E-state index contributed by atoms with van der Waals surface area (Å²) >= 11 is 0. The molecule has 0 bridgehead atoms. The molecule has 0 heterocycles. The fraction of sp³-hybridized carbons (Fsp3) is 1.00. The van der Waals surface area contributed by atoms with E-state index in [1.807, 2.05) is 0 Å². The van der Waals surface area contributed by atoms with Crippen LogP contribution in [-0.4, -0.2) is 25.8 Å². The molecule has 0 saturated carbocycles. The molecule has 0 aliphatic heterocycles. The lowest BCUT2D eigenvalue weighted by atomic mass is 10.1. The molecule has 0 rings (SSSR count). The van der Waals surface area contributed by atoms with Gasteiger partial charge in [0.05, 0.1) is 0 Å². The quantitative estimate of drug-likeness (QED) is 0.534. The zero-order valence-corrected chi connectivity index (χ0v) is 10.8. The van der Waals surface area contributed by atoms with Crippen LogP contribution >= 0.6 is 0 Å². The minimum atomic E-state index is 0.708. The van der Waals surface area contributed by atoms with E-state index < -0.39 is 0 Å². The third-order valence-corrected chi connectivity index (χ3v) is 2.51. The summed E-state index contributed by atoms with van der Waals surface area (Å²) in [6.45, 7) is 9.64. The van der Waals surface area contributed by atoms with Crippen molar-refractivity contribution in [2.45, 2.75) is 65.3 Å². The minimum absolute atomic E-state index is 0.708. The molecule has 0 aromatic heterocycles. The lowest BCUT2D eigenvalue weighted by Crippen LogP contribution is -2.29. The number of ether oxygens (including phenoxy) is 1. The molecular weight excluding hydrogens is 186 g/mol. The van der Waals surface area contributed by atoms with Crippen molar-refractivity contribution in [3.05, 3.63) is 0 Å². The van der Waals surface area contributed by atoms with Gasteiger partial charge in [0.2, 0.25) is 0 Å². The van der Waals surface area contributed by atoms with Gasteiger partial charge in [-0.25, -0.2) is 0 Å². The molecule has 0 fully saturated rings. The Morgan fingerprint density at radius 1 is 0.933 bits per heavy atom. The maximum Gasteiger partial charge on any atom is 0.0466 e. The van der Waals surface area contributed by atoms with Gasteiger partial charge in [0.1, 0.15) is 0 Å². The predicted octanol–water partition coefficient (Wildman–Crippen LogP) is 3.36. The van der Waals surface area contributed by atoms with Crippen molar-refractivity contribution in [1.82, 2.24) is 5.32 Å². The molecule has 1 atom stereocenters. The average molecular weight is 215 g/mol. The van der Waals surface area contributed by atoms with Crippen LogP contribution in [0.15, 0.2) is 0 Å². The molecule has 0 aromatic rings. The summed E-state index contributed by atoms with van der Waals surface area (Å²) < 4.78 is 5.49. The molecule has 15 heavy (non-hydrogen) atoms. The highest BCUT2D eigenvalue weighted by molar-refractivity contribution is 4.65. The van der Waals surface area contributed by atoms with Crippen molar-refractivity contribution < 1.29 is 4.74 Å². The molecule has 1 N–H and O–H groups in total. The molecular formula is C13H29NO. The first-order chi connectivity index (χ1) is 7.35. The van der Waals surface area contributed by atoms with Crippen LogP contribution in [0.3, 0.4) is 0 Å². The van der Waals surface area contributed by atoms with Crippen LogP contribution < -0.4 is 5.32 Å². The van der Waals surface area contributed by atoms with Crippen molar-refractivity contribution in [3.8, 4) is 0 Å². The van der Waals surface area contributed by atoms with Crippen LogP contribution in [-0.2, 0) is 4.74 Å². The molecule has 1 unspecified atom stereocenters. The van der Waals surface area contributed by atoms with Crippen LogP contribution in [0, 0.1) is 0 Å². The summed E-state index contributed by atoms with van der Waals surface area (Å²) in [5.41, 5.74) is 0. The molecule has 0 saturated heterocycles. The van der Waals surface area contributed by atoms with Gasteiger partial charge in [0.15, 0.2) is 0 Å². The first-order valence-electron chi connectivity index (χ1n) is 6.66. The van der Waals surface area contributed by atoms with E-state index >= 15 is 0 Å². The van der Waals surface area contributed by atoms with Crippen molar-refractivity contribution in [2.24, 2.45) is 0 Å². The fourth-order valence-corrected chi connectivity index (χ4v) is 1.72. The van der Waals surface area contributed by atoms with Crippen LogP contribution in [0.2, 0.25) is 0 Å². The lowest BCUT2D eigenvalue weighted by molar-refractivity contribution is 0.128. The molecule has 2 heteroatoms. The Bertz CT molecular complexity index is 117. The molecule has 2 nitrogen and oxygen atoms in total. The van der Waals surface area contributed by atoms with E-state index in [2.05, 4.69) is 26.1 Å². The van der Waals surface area contributed by atoms with Crippen LogP contribution in [0.5, 0.6) is 0 Å². The van der Waals surface area contributed by atoms with Gasteiger partial charge in [-0.15, -0.1) is 0 Å². The van der Waals surface area contributed by atoms with Crippen molar-refractivity contribution in [1.29, 1.82) is 0 Å². The SMILES string of the molecule is CCCNC(CCC)CCCOCCC. The highest BCUT2D eigenvalue weighted by Gasteiger charge is 2.05. The molecule has 0 radical (unpaired) electrons. The second kappa shape index (κ2) is 12.0. The number of hydrogen-bond donors (Lipinski definition) is 1. The third kappa shape index (κ3) is 10.2. The topological polar surface area (TPSA) is 21.3 Å². The molecule has 0 aromatic carbocycles. The Balaban J connectivity index is 3.38. The maximum absolute atomic E-state index is 5.49. The van der Waals surface area contributed by atoms with Crippen LogP contribution in [0.4, 0.5) is 0 Å². The highest BCUT2D eigenvalue weighted by atomic mass is 16.5. The number of rotatable bonds is 11. The summed E-state index contributed by atoms with van der Waals surface area (Å²) in [5, 5.41) is 3.61. The fourth-order valence-electron chi connectivity index (χ4n) is 1.72. The van der Waals surface area contributed by atoms with Gasteiger partial charge in [-0.05, 0) is 38.6 Å². The van der Waals surface area contributed by atoms with Crippen LogP contribution in [0.1, 0.15) is 59.3 Å². The first-order valence-corrected chi connectivity index (χ1v) is 6.66. The number of hydrogen-bond acceptors (Lipinski definition) is 2. The van der Waals surface area contributed by atoms with E-state index in [-0.39, 0.29) is 0 Å². The van der Waals surface area contributed by atoms with Crippen molar-refractivity contribution >= 4 is 0 Å². The zero-order chi connectivity index (χ0) is 11.4. The van der Waals surface area contributed by atoms with Gasteiger partial charge >= 0.3 is 0 Å². The lowest BCUT2D eigenvalue weighted by Gasteiger charge is -2.17. The molecule has 0 aliphatic rings. The predicted molar refractivity (Wildman–Crippen MR) is 67.3 cm³/mol. The summed E-state index contributed by atoms with van der Waals surface area (Å²) in [4.78, 5) is 0. The summed E-state index contributed by atoms with van der Waals surface area (Å²) in [6.07, 6.45) is 7.39. The molecule has 92 valence electrons. The second-order valence-corrected chi connectivity index (χ2v) is 4.19. The van der Waals surface area contributed by atoms with E-state index in [9.17, 15) is 0 Å². The second-order valence-electron chi connectivity index (χ2n) is 4.19. The number of nitrogens with one attached hydrogen (secondary N) is 1. The van der Waals surface area contributed by atoms with E-state index in [0.717, 1.165) is 26.2 Å². The van der Waals surface area contributed by atoms with E-state index in [4.69, 9.17) is 4.74 Å². The Morgan fingerprint density at radius 2 is 1.73 bits per heavy atom. The average Bonchev–Trinajstić information content (AvgIpc) is 2.25. The van der Waals surface area contributed by atoms with Crippen molar-refractivity contribution in [3.63, 3.8) is 0 Å². The Labute approximate surface area is 95.8 Å².